The second-order valence-electron chi connectivity index (χ2n) is 6.02. The van der Waals surface area contributed by atoms with Gasteiger partial charge in [-0.05, 0) is 18.3 Å². The molecule has 0 N–H and O–H groups in total. The number of carbonyl (C=O) groups is 1. The van der Waals surface area contributed by atoms with E-state index in [1.807, 2.05) is 4.90 Å². The number of hydrogen-bond donors (Lipinski definition) is 0. The van der Waals surface area contributed by atoms with Crippen LogP contribution in [0.1, 0.15) is 11.3 Å². The van der Waals surface area contributed by atoms with Crippen LogP contribution in [-0.4, -0.2) is 54.2 Å². The molecule has 0 spiro atoms. The molecule has 0 aromatic carbocycles. The normalized spacial score (nSPS) is 30.3. The van der Waals surface area contributed by atoms with Crippen molar-refractivity contribution in [2.24, 2.45) is 17.8 Å². The van der Waals surface area contributed by atoms with Crippen LogP contribution < -0.4 is 4.74 Å². The first kappa shape index (κ1) is 13.0. The van der Waals surface area contributed by atoms with Gasteiger partial charge in [-0.15, -0.1) is 0 Å². The molecule has 21 heavy (non-hydrogen) atoms. The Morgan fingerprint density at radius 2 is 2.05 bits per heavy atom. The minimum Gasteiger partial charge on any atom is -0.481 e. The van der Waals surface area contributed by atoms with Crippen LogP contribution in [0, 0.1) is 17.8 Å². The van der Waals surface area contributed by atoms with Crippen molar-refractivity contribution in [3.05, 3.63) is 17.6 Å². The number of methoxy groups -OCH3 is 1. The van der Waals surface area contributed by atoms with E-state index in [1.165, 1.54) is 6.33 Å². The Balaban J connectivity index is 1.48. The summed E-state index contributed by atoms with van der Waals surface area (Å²) in [6.07, 6.45) is 3.08. The molecule has 1 aromatic rings. The van der Waals surface area contributed by atoms with E-state index in [9.17, 15) is 4.79 Å². The van der Waals surface area contributed by atoms with E-state index in [-0.39, 0.29) is 5.92 Å². The molecular weight excluding hydrogens is 270 g/mol. The van der Waals surface area contributed by atoms with E-state index in [4.69, 9.17) is 9.47 Å². The molecule has 3 atom stereocenters. The molecule has 2 fully saturated rings. The number of aromatic nitrogens is 2. The Morgan fingerprint density at radius 3 is 2.81 bits per heavy atom. The maximum atomic E-state index is 12.6. The van der Waals surface area contributed by atoms with Gasteiger partial charge >= 0.3 is 0 Å². The second-order valence-corrected chi connectivity index (χ2v) is 6.02. The third kappa shape index (κ3) is 2.09. The van der Waals surface area contributed by atoms with Crippen LogP contribution in [0.3, 0.4) is 0 Å². The summed E-state index contributed by atoms with van der Waals surface area (Å²) in [5.41, 5.74) is 2.06. The third-order valence-electron chi connectivity index (χ3n) is 4.99. The van der Waals surface area contributed by atoms with Crippen LogP contribution in [0.5, 0.6) is 5.88 Å². The summed E-state index contributed by atoms with van der Waals surface area (Å²) in [7, 11) is 1.63. The fraction of sp³-hybridized carbons (Fsp3) is 0.667. The van der Waals surface area contributed by atoms with Crippen molar-refractivity contribution >= 4 is 5.91 Å². The fourth-order valence-electron chi connectivity index (χ4n) is 3.71. The predicted molar refractivity (Wildman–Crippen MR) is 73.9 cm³/mol. The van der Waals surface area contributed by atoms with Crippen LogP contribution in [0.25, 0.3) is 0 Å². The lowest BCUT2D eigenvalue weighted by molar-refractivity contribution is -0.133. The van der Waals surface area contributed by atoms with E-state index >= 15 is 0 Å². The average molecular weight is 289 g/mol. The third-order valence-corrected chi connectivity index (χ3v) is 4.99. The fourth-order valence-corrected chi connectivity index (χ4v) is 3.71. The highest BCUT2D eigenvalue weighted by Gasteiger charge is 2.58. The highest BCUT2D eigenvalue weighted by Crippen LogP contribution is 2.51. The monoisotopic (exact) mass is 289 g/mol. The first-order valence-electron chi connectivity index (χ1n) is 7.53. The van der Waals surface area contributed by atoms with E-state index in [2.05, 4.69) is 9.97 Å². The maximum Gasteiger partial charge on any atom is 0.226 e. The van der Waals surface area contributed by atoms with Gasteiger partial charge in [0.1, 0.15) is 6.33 Å². The SMILES string of the molecule is COc1ncnc2c1CCN(C(=O)C1[C@H]3COC[C@@H]13)CC2. The zero-order valence-corrected chi connectivity index (χ0v) is 12.1. The minimum atomic E-state index is 0.202. The van der Waals surface area contributed by atoms with Crippen LogP contribution in [-0.2, 0) is 22.4 Å². The summed E-state index contributed by atoms with van der Waals surface area (Å²) in [5.74, 6) is 2.09. The van der Waals surface area contributed by atoms with E-state index in [0.29, 0.717) is 23.6 Å². The maximum absolute atomic E-state index is 12.6. The van der Waals surface area contributed by atoms with Gasteiger partial charge in [0, 0.05) is 31.0 Å². The first-order valence-corrected chi connectivity index (χ1v) is 7.53. The van der Waals surface area contributed by atoms with Gasteiger partial charge in [-0.2, -0.15) is 0 Å². The second kappa shape index (κ2) is 4.94. The number of carbonyl (C=O) groups excluding carboxylic acids is 1. The molecule has 6 nitrogen and oxygen atoms in total. The molecule has 3 aliphatic rings. The van der Waals surface area contributed by atoms with E-state index in [0.717, 1.165) is 50.4 Å². The summed E-state index contributed by atoms with van der Waals surface area (Å²) in [4.78, 5) is 23.1. The minimum absolute atomic E-state index is 0.202. The van der Waals surface area contributed by atoms with Crippen LogP contribution in [0.15, 0.2) is 6.33 Å². The van der Waals surface area contributed by atoms with E-state index in [1.54, 1.807) is 7.11 Å². The predicted octanol–water partition coefficient (Wildman–Crippen LogP) is 0.305. The number of hydrogen-bond acceptors (Lipinski definition) is 5. The molecule has 0 radical (unpaired) electrons. The smallest absolute Gasteiger partial charge is 0.226 e. The van der Waals surface area contributed by atoms with Crippen molar-refractivity contribution < 1.29 is 14.3 Å². The topological polar surface area (TPSA) is 64.6 Å². The largest absolute Gasteiger partial charge is 0.481 e. The van der Waals surface area contributed by atoms with Crippen LogP contribution in [0.2, 0.25) is 0 Å². The summed E-state index contributed by atoms with van der Waals surface area (Å²) in [5, 5.41) is 0. The Labute approximate surface area is 123 Å². The number of rotatable bonds is 2. The molecule has 4 rings (SSSR count). The summed E-state index contributed by atoms with van der Waals surface area (Å²) in [6, 6.07) is 0. The zero-order valence-electron chi connectivity index (χ0n) is 12.1. The number of fused-ring (bicyclic) bond motifs is 2. The van der Waals surface area contributed by atoms with Crippen molar-refractivity contribution in [2.75, 3.05) is 33.4 Å². The number of amides is 1. The average Bonchev–Trinajstić information content (AvgIpc) is 3.09. The standard InChI is InChI=1S/C15H19N3O3/c1-20-14-9-2-4-18(5-3-12(9)16-8-17-14)15(19)13-10-6-21-7-11(10)13/h8,10-11,13H,2-7H2,1H3/t10-,11+,13?. The Hall–Kier alpha value is -1.69. The Kier molecular flexibility index (Phi) is 3.06. The van der Waals surface area contributed by atoms with Crippen molar-refractivity contribution in [2.45, 2.75) is 12.8 Å². The molecule has 3 heterocycles. The molecule has 1 amide bonds. The van der Waals surface area contributed by atoms with Crippen molar-refractivity contribution in [3.8, 4) is 5.88 Å². The van der Waals surface area contributed by atoms with Gasteiger partial charge in [0.2, 0.25) is 11.8 Å². The molecule has 1 aromatic heterocycles. The molecule has 112 valence electrons. The number of ether oxygens (including phenoxy) is 2. The highest BCUT2D eigenvalue weighted by molar-refractivity contribution is 5.82. The molecule has 1 aliphatic carbocycles. The van der Waals surface area contributed by atoms with Gasteiger partial charge in [-0.3, -0.25) is 4.79 Å². The lowest BCUT2D eigenvalue weighted by Crippen LogP contribution is -2.36. The van der Waals surface area contributed by atoms with Gasteiger partial charge in [0.25, 0.3) is 0 Å². The van der Waals surface area contributed by atoms with Crippen LogP contribution >= 0.6 is 0 Å². The summed E-state index contributed by atoms with van der Waals surface area (Å²) in [6.45, 7) is 2.98. The zero-order chi connectivity index (χ0) is 14.4. The van der Waals surface area contributed by atoms with Crippen molar-refractivity contribution in [1.82, 2.24) is 14.9 Å². The summed E-state index contributed by atoms with van der Waals surface area (Å²) < 4.78 is 10.7. The lowest BCUT2D eigenvalue weighted by atomic mass is 10.1. The van der Waals surface area contributed by atoms with Gasteiger partial charge in [-0.1, -0.05) is 0 Å². The van der Waals surface area contributed by atoms with Gasteiger partial charge < -0.3 is 14.4 Å². The van der Waals surface area contributed by atoms with Crippen molar-refractivity contribution in [3.63, 3.8) is 0 Å². The molecule has 6 heteroatoms. The molecular formula is C15H19N3O3. The Morgan fingerprint density at radius 1 is 1.29 bits per heavy atom. The molecule has 1 unspecified atom stereocenters. The van der Waals surface area contributed by atoms with Crippen LogP contribution in [0.4, 0.5) is 0 Å². The van der Waals surface area contributed by atoms with Crippen molar-refractivity contribution in [1.29, 1.82) is 0 Å². The number of nitrogens with zero attached hydrogens (tertiary/aromatic N) is 3. The van der Waals surface area contributed by atoms with Gasteiger partial charge in [0.05, 0.1) is 26.0 Å². The summed E-state index contributed by atoms with van der Waals surface area (Å²) >= 11 is 0. The Bertz CT molecular complexity index is 567. The highest BCUT2D eigenvalue weighted by atomic mass is 16.5. The quantitative estimate of drug-likeness (QED) is 0.784. The molecule has 0 bridgehead atoms. The van der Waals surface area contributed by atoms with Gasteiger partial charge in [-0.25, -0.2) is 9.97 Å². The molecule has 1 saturated carbocycles. The molecule has 2 aliphatic heterocycles. The molecule has 1 saturated heterocycles. The van der Waals surface area contributed by atoms with Gasteiger partial charge in [0.15, 0.2) is 0 Å². The lowest BCUT2D eigenvalue weighted by Gasteiger charge is -2.21. The van der Waals surface area contributed by atoms with E-state index < -0.39 is 0 Å². The first-order chi connectivity index (χ1) is 10.3.